The Morgan fingerprint density at radius 2 is 1.96 bits per heavy atom. The molecule has 1 amide bonds. The van der Waals surface area contributed by atoms with Crippen molar-refractivity contribution < 1.29 is 17.9 Å². The van der Waals surface area contributed by atoms with Crippen molar-refractivity contribution >= 4 is 33.1 Å². The number of thiophene rings is 1. The number of rotatable bonds is 2. The normalized spacial score (nSPS) is 17.8. The maximum atomic E-state index is 12.6. The number of nitrogens with two attached hydrogens (primary N) is 1. The predicted octanol–water partition coefficient (Wildman–Crippen LogP) is 1.96. The van der Waals surface area contributed by atoms with E-state index in [0.717, 1.165) is 11.3 Å². The van der Waals surface area contributed by atoms with E-state index >= 15 is 0 Å². The van der Waals surface area contributed by atoms with Crippen LogP contribution < -0.4 is 5.73 Å². The highest BCUT2D eigenvalue weighted by Gasteiger charge is 2.30. The van der Waals surface area contributed by atoms with Crippen molar-refractivity contribution in [2.75, 3.05) is 31.9 Å². The molecular formula is C14H23N3O4S2. The highest BCUT2D eigenvalue weighted by Crippen LogP contribution is 2.26. The molecule has 0 aromatic carbocycles. The Hall–Kier alpha value is -1.32. The van der Waals surface area contributed by atoms with Crippen molar-refractivity contribution in [1.82, 2.24) is 9.21 Å². The van der Waals surface area contributed by atoms with Crippen molar-refractivity contribution in [3.63, 3.8) is 0 Å². The Balaban J connectivity index is 2.05. The third-order valence-electron chi connectivity index (χ3n) is 3.30. The third-order valence-corrected chi connectivity index (χ3v) is 6.63. The standard InChI is InChI=1S/C14H23N3O4S2/c1-14(2,3)21-13(18)16-5-4-6-17(8-7-16)23(19,20)12-9-11(15)10-22-12/h9-10H,4-8,15H2,1-3H3. The minimum atomic E-state index is -3.56. The fourth-order valence-corrected chi connectivity index (χ4v) is 4.94. The van der Waals surface area contributed by atoms with Gasteiger partial charge >= 0.3 is 6.09 Å². The monoisotopic (exact) mass is 361 g/mol. The molecule has 1 saturated heterocycles. The molecule has 7 nitrogen and oxygen atoms in total. The lowest BCUT2D eigenvalue weighted by Gasteiger charge is -2.26. The van der Waals surface area contributed by atoms with Crippen LogP contribution in [0.3, 0.4) is 0 Å². The number of nitrogen functional groups attached to an aromatic ring is 1. The number of carbonyl (C=O) groups is 1. The van der Waals surface area contributed by atoms with Crippen LogP contribution in [0.25, 0.3) is 0 Å². The first kappa shape index (κ1) is 18.0. The van der Waals surface area contributed by atoms with Gasteiger partial charge in [0.15, 0.2) is 0 Å². The summed E-state index contributed by atoms with van der Waals surface area (Å²) in [4.78, 5) is 13.7. The van der Waals surface area contributed by atoms with E-state index in [0.29, 0.717) is 31.7 Å². The molecule has 2 rings (SSSR count). The molecule has 0 saturated carbocycles. The zero-order valence-corrected chi connectivity index (χ0v) is 15.2. The number of hydrogen-bond donors (Lipinski definition) is 1. The number of ether oxygens (including phenoxy) is 1. The number of nitrogens with zero attached hydrogens (tertiary/aromatic N) is 2. The Bertz CT molecular complexity index is 664. The number of hydrogen-bond acceptors (Lipinski definition) is 6. The van der Waals surface area contributed by atoms with E-state index in [2.05, 4.69) is 0 Å². The van der Waals surface area contributed by atoms with E-state index in [1.165, 1.54) is 10.4 Å². The average Bonchev–Trinajstić information content (AvgIpc) is 2.72. The summed E-state index contributed by atoms with van der Waals surface area (Å²) < 4.78 is 32.2. The van der Waals surface area contributed by atoms with Crippen molar-refractivity contribution in [2.45, 2.75) is 37.0 Å². The number of sulfonamides is 1. The van der Waals surface area contributed by atoms with E-state index in [1.807, 2.05) is 0 Å². The number of carbonyl (C=O) groups excluding carboxylic acids is 1. The van der Waals surface area contributed by atoms with Crippen LogP contribution in [0.2, 0.25) is 0 Å². The van der Waals surface area contributed by atoms with E-state index < -0.39 is 21.7 Å². The maximum Gasteiger partial charge on any atom is 0.410 e. The molecule has 2 N–H and O–H groups in total. The first-order valence-corrected chi connectivity index (χ1v) is 9.74. The first-order valence-electron chi connectivity index (χ1n) is 7.42. The smallest absolute Gasteiger partial charge is 0.410 e. The topological polar surface area (TPSA) is 92.9 Å². The van der Waals surface area contributed by atoms with Gasteiger partial charge in [-0.3, -0.25) is 0 Å². The second-order valence-electron chi connectivity index (χ2n) is 6.42. The van der Waals surface area contributed by atoms with Crippen molar-refractivity contribution in [2.24, 2.45) is 0 Å². The molecule has 0 radical (unpaired) electrons. The fourth-order valence-electron chi connectivity index (χ4n) is 2.24. The van der Waals surface area contributed by atoms with Gasteiger partial charge in [0.1, 0.15) is 9.81 Å². The third kappa shape index (κ3) is 4.58. The molecule has 0 unspecified atom stereocenters. The van der Waals surface area contributed by atoms with Crippen LogP contribution >= 0.6 is 11.3 Å². The minimum Gasteiger partial charge on any atom is -0.444 e. The van der Waals surface area contributed by atoms with Crippen LogP contribution in [0.1, 0.15) is 27.2 Å². The van der Waals surface area contributed by atoms with E-state index in [9.17, 15) is 13.2 Å². The summed E-state index contributed by atoms with van der Waals surface area (Å²) in [6, 6.07) is 1.47. The number of amides is 1. The van der Waals surface area contributed by atoms with Crippen LogP contribution in [0.15, 0.2) is 15.7 Å². The van der Waals surface area contributed by atoms with Crippen LogP contribution in [0.4, 0.5) is 10.5 Å². The molecule has 0 bridgehead atoms. The van der Waals surface area contributed by atoms with Gasteiger partial charge in [0.05, 0.1) is 0 Å². The molecule has 9 heteroatoms. The van der Waals surface area contributed by atoms with E-state index in [1.54, 1.807) is 31.1 Å². The van der Waals surface area contributed by atoms with Crippen LogP contribution in [-0.4, -0.2) is 55.5 Å². The van der Waals surface area contributed by atoms with Gasteiger partial charge in [0.2, 0.25) is 0 Å². The van der Waals surface area contributed by atoms with Crippen molar-refractivity contribution in [1.29, 1.82) is 0 Å². The highest BCUT2D eigenvalue weighted by molar-refractivity contribution is 7.91. The van der Waals surface area contributed by atoms with Gasteiger partial charge in [-0.15, -0.1) is 11.3 Å². The summed E-state index contributed by atoms with van der Waals surface area (Å²) in [6.07, 6.45) is 0.163. The van der Waals surface area contributed by atoms with Crippen molar-refractivity contribution in [3.8, 4) is 0 Å². The van der Waals surface area contributed by atoms with Crippen LogP contribution in [0.5, 0.6) is 0 Å². The lowest BCUT2D eigenvalue weighted by atomic mass is 10.2. The Morgan fingerprint density at radius 1 is 1.26 bits per heavy atom. The van der Waals surface area contributed by atoms with Gasteiger partial charge < -0.3 is 15.4 Å². The minimum absolute atomic E-state index is 0.237. The summed E-state index contributed by atoms with van der Waals surface area (Å²) in [5.41, 5.74) is 5.49. The van der Waals surface area contributed by atoms with Gasteiger partial charge in [0, 0.05) is 37.2 Å². The summed E-state index contributed by atoms with van der Waals surface area (Å²) in [7, 11) is -3.56. The quantitative estimate of drug-likeness (QED) is 0.869. The van der Waals surface area contributed by atoms with Crippen molar-refractivity contribution in [3.05, 3.63) is 11.4 Å². The molecule has 1 aromatic rings. The Labute approximate surface area is 141 Å². The molecule has 1 fully saturated rings. The summed E-state index contributed by atoms with van der Waals surface area (Å²) in [6.45, 7) is 6.84. The molecule has 1 aliphatic heterocycles. The first-order chi connectivity index (χ1) is 10.6. The predicted molar refractivity (Wildman–Crippen MR) is 89.9 cm³/mol. The van der Waals surface area contributed by atoms with Crippen LogP contribution in [-0.2, 0) is 14.8 Å². The molecule has 0 spiro atoms. The van der Waals surface area contributed by atoms with E-state index in [-0.39, 0.29) is 10.8 Å². The van der Waals surface area contributed by atoms with Gasteiger partial charge in [-0.25, -0.2) is 13.2 Å². The maximum absolute atomic E-state index is 12.6. The molecule has 1 aromatic heterocycles. The van der Waals surface area contributed by atoms with Gasteiger partial charge in [-0.2, -0.15) is 4.31 Å². The second kappa shape index (κ2) is 6.66. The Kier molecular flexibility index (Phi) is 5.22. The average molecular weight is 361 g/mol. The van der Waals surface area contributed by atoms with Gasteiger partial charge in [0.25, 0.3) is 10.0 Å². The van der Waals surface area contributed by atoms with Crippen LogP contribution in [0, 0.1) is 0 Å². The molecule has 1 aliphatic rings. The molecule has 2 heterocycles. The summed E-state index contributed by atoms with van der Waals surface area (Å²) in [5, 5.41) is 1.61. The molecule has 0 aliphatic carbocycles. The zero-order valence-electron chi connectivity index (χ0n) is 13.6. The molecule has 0 atom stereocenters. The Morgan fingerprint density at radius 3 is 2.52 bits per heavy atom. The lowest BCUT2D eigenvalue weighted by Crippen LogP contribution is -2.40. The highest BCUT2D eigenvalue weighted by atomic mass is 32.2. The zero-order chi connectivity index (χ0) is 17.3. The molecule has 130 valence electrons. The second-order valence-corrected chi connectivity index (χ2v) is 9.50. The summed E-state index contributed by atoms with van der Waals surface area (Å²) in [5.74, 6) is 0. The SMILES string of the molecule is CC(C)(C)OC(=O)N1CCCN(S(=O)(=O)c2cc(N)cs2)CC1. The summed E-state index contributed by atoms with van der Waals surface area (Å²) >= 11 is 1.11. The van der Waals surface area contributed by atoms with Gasteiger partial charge in [-0.1, -0.05) is 0 Å². The number of anilines is 1. The molecular weight excluding hydrogens is 338 g/mol. The fraction of sp³-hybridized carbons (Fsp3) is 0.643. The van der Waals surface area contributed by atoms with Gasteiger partial charge in [-0.05, 0) is 33.3 Å². The largest absolute Gasteiger partial charge is 0.444 e. The van der Waals surface area contributed by atoms with E-state index in [4.69, 9.17) is 10.5 Å². The molecule has 23 heavy (non-hydrogen) atoms. The lowest BCUT2D eigenvalue weighted by molar-refractivity contribution is 0.0260.